The highest BCUT2D eigenvalue weighted by molar-refractivity contribution is 5.75. The summed E-state index contributed by atoms with van der Waals surface area (Å²) >= 11 is 0. The number of aliphatic carboxylic acids is 1. The van der Waals surface area contributed by atoms with Crippen molar-refractivity contribution in [3.8, 4) is 5.88 Å². The molecular formula is C21H18F3N3O3. The minimum absolute atomic E-state index is 0.0717. The summed E-state index contributed by atoms with van der Waals surface area (Å²) in [5.74, 6) is -4.18. The molecule has 1 saturated heterocycles. The zero-order chi connectivity index (χ0) is 21.5. The van der Waals surface area contributed by atoms with Crippen LogP contribution in [-0.4, -0.2) is 29.1 Å². The molecule has 6 nitrogen and oxygen atoms in total. The summed E-state index contributed by atoms with van der Waals surface area (Å²) in [4.78, 5) is 19.9. The van der Waals surface area contributed by atoms with Crippen LogP contribution in [0.5, 0.6) is 5.88 Å². The lowest BCUT2D eigenvalue weighted by atomic mass is 9.91. The van der Waals surface area contributed by atoms with Crippen LogP contribution in [0.25, 0.3) is 4.85 Å². The monoisotopic (exact) mass is 417 g/mol. The fraction of sp³-hybridized carbons (Fsp3) is 0.381. The minimum atomic E-state index is -1.00. The van der Waals surface area contributed by atoms with Gasteiger partial charge in [-0.05, 0) is 30.7 Å². The number of carboxylic acid groups (broad SMARTS) is 1. The van der Waals surface area contributed by atoms with E-state index in [1.54, 1.807) is 4.90 Å². The maximum Gasteiger partial charge on any atom is 0.307 e. The molecule has 156 valence electrons. The molecule has 9 heteroatoms. The van der Waals surface area contributed by atoms with Gasteiger partial charge in [0, 0.05) is 24.7 Å². The Bertz CT molecular complexity index is 1050. The van der Waals surface area contributed by atoms with Crippen molar-refractivity contribution in [1.82, 2.24) is 4.98 Å². The molecule has 0 bridgehead atoms. The number of anilines is 1. The first-order chi connectivity index (χ1) is 14.3. The third kappa shape index (κ3) is 3.65. The van der Waals surface area contributed by atoms with Gasteiger partial charge in [-0.1, -0.05) is 12.1 Å². The average molecular weight is 417 g/mol. The summed E-state index contributed by atoms with van der Waals surface area (Å²) in [7, 11) is 0. The first-order valence-electron chi connectivity index (χ1n) is 9.45. The smallest absolute Gasteiger partial charge is 0.307 e. The van der Waals surface area contributed by atoms with E-state index in [9.17, 15) is 23.1 Å². The van der Waals surface area contributed by atoms with E-state index in [0.29, 0.717) is 38.4 Å². The number of aromatic nitrogens is 1. The number of piperidine rings is 1. The molecule has 2 fully saturated rings. The molecule has 2 aliphatic rings. The number of ether oxygens (including phenoxy) is 1. The molecule has 4 rings (SSSR count). The van der Waals surface area contributed by atoms with Crippen LogP contribution in [0.15, 0.2) is 24.3 Å². The third-order valence-corrected chi connectivity index (χ3v) is 5.96. The zero-order valence-electron chi connectivity index (χ0n) is 15.9. The zero-order valence-corrected chi connectivity index (χ0v) is 15.9. The molecule has 2 aromatic rings. The van der Waals surface area contributed by atoms with Gasteiger partial charge in [-0.25, -0.2) is 18.0 Å². The van der Waals surface area contributed by atoms with Gasteiger partial charge in [0.15, 0.2) is 23.1 Å². The summed E-state index contributed by atoms with van der Waals surface area (Å²) in [5.41, 5.74) is 0.0174. The molecule has 1 aromatic heterocycles. The highest BCUT2D eigenvalue weighted by Crippen LogP contribution is 2.59. The molecule has 1 spiro atoms. The highest BCUT2D eigenvalue weighted by Gasteiger charge is 2.59. The summed E-state index contributed by atoms with van der Waals surface area (Å²) in [6.07, 6.45) is 1.82. The molecule has 0 radical (unpaired) electrons. The number of hydrogen-bond acceptors (Lipinski definition) is 4. The van der Waals surface area contributed by atoms with E-state index in [2.05, 4.69) is 9.83 Å². The second kappa shape index (κ2) is 7.52. The van der Waals surface area contributed by atoms with Crippen LogP contribution in [0.4, 0.5) is 24.7 Å². The second-order valence-electron chi connectivity index (χ2n) is 7.70. The van der Waals surface area contributed by atoms with Crippen LogP contribution in [0.2, 0.25) is 0 Å². The van der Waals surface area contributed by atoms with Crippen molar-refractivity contribution in [2.45, 2.75) is 25.9 Å². The van der Waals surface area contributed by atoms with Gasteiger partial charge in [0.1, 0.15) is 12.4 Å². The van der Waals surface area contributed by atoms with Crippen molar-refractivity contribution in [3.05, 3.63) is 58.7 Å². The van der Waals surface area contributed by atoms with Gasteiger partial charge in [0.2, 0.25) is 0 Å². The molecule has 1 aromatic carbocycles. The lowest BCUT2D eigenvalue weighted by molar-refractivity contribution is -0.139. The predicted molar refractivity (Wildman–Crippen MR) is 101 cm³/mol. The lowest BCUT2D eigenvalue weighted by Crippen LogP contribution is -2.37. The van der Waals surface area contributed by atoms with Crippen LogP contribution >= 0.6 is 0 Å². The fourth-order valence-electron chi connectivity index (χ4n) is 4.05. The molecule has 30 heavy (non-hydrogen) atoms. The maximum atomic E-state index is 14.4. The van der Waals surface area contributed by atoms with E-state index in [-0.39, 0.29) is 35.0 Å². The van der Waals surface area contributed by atoms with E-state index in [0.717, 1.165) is 6.07 Å². The number of rotatable bonds is 5. The van der Waals surface area contributed by atoms with Gasteiger partial charge in [0.25, 0.3) is 5.88 Å². The SMILES string of the molecule is [C-]#[N+]c1ccc(COc2nc(N3CCC4(CC3)CC4C(=O)O)c(F)cc2F)c(F)c1. The number of carbonyl (C=O) groups is 1. The number of halogens is 3. The van der Waals surface area contributed by atoms with Crippen molar-refractivity contribution in [1.29, 1.82) is 0 Å². The van der Waals surface area contributed by atoms with Crippen LogP contribution in [-0.2, 0) is 11.4 Å². The maximum absolute atomic E-state index is 14.4. The summed E-state index contributed by atoms with van der Waals surface area (Å²) in [6, 6.07) is 4.51. The van der Waals surface area contributed by atoms with E-state index < -0.39 is 29.3 Å². The van der Waals surface area contributed by atoms with E-state index >= 15 is 0 Å². The molecule has 1 atom stereocenters. The fourth-order valence-corrected chi connectivity index (χ4v) is 4.05. The minimum Gasteiger partial charge on any atom is -0.481 e. The Morgan fingerprint density at radius 1 is 1.23 bits per heavy atom. The molecular weight excluding hydrogens is 399 g/mol. The van der Waals surface area contributed by atoms with Gasteiger partial charge in [-0.2, -0.15) is 4.98 Å². The van der Waals surface area contributed by atoms with Gasteiger partial charge in [-0.3, -0.25) is 4.79 Å². The predicted octanol–water partition coefficient (Wildman–Crippen LogP) is 4.32. The summed E-state index contributed by atoms with van der Waals surface area (Å²) in [6.45, 7) is 7.36. The number of nitrogens with zero attached hydrogens (tertiary/aromatic N) is 3. The highest BCUT2D eigenvalue weighted by atomic mass is 19.1. The van der Waals surface area contributed by atoms with E-state index in [1.165, 1.54) is 12.1 Å². The van der Waals surface area contributed by atoms with Crippen molar-refractivity contribution in [2.75, 3.05) is 18.0 Å². The van der Waals surface area contributed by atoms with Crippen LogP contribution in [0.3, 0.4) is 0 Å². The van der Waals surface area contributed by atoms with Crippen LogP contribution < -0.4 is 9.64 Å². The number of pyridine rings is 1. The number of benzene rings is 1. The first kappa shape index (κ1) is 20.0. The average Bonchev–Trinajstić information content (AvgIpc) is 3.43. The molecule has 1 aliphatic carbocycles. The quantitative estimate of drug-likeness (QED) is 0.734. The third-order valence-electron chi connectivity index (χ3n) is 5.96. The normalized spacial score (nSPS) is 19.4. The van der Waals surface area contributed by atoms with Gasteiger partial charge in [-0.15, -0.1) is 0 Å². The lowest BCUT2D eigenvalue weighted by Gasteiger charge is -2.33. The van der Waals surface area contributed by atoms with Crippen molar-refractivity contribution >= 4 is 17.5 Å². The van der Waals surface area contributed by atoms with Crippen molar-refractivity contribution in [2.24, 2.45) is 11.3 Å². The Labute approximate surface area is 170 Å². The molecule has 1 N–H and O–H groups in total. The summed E-state index contributed by atoms with van der Waals surface area (Å²) < 4.78 is 47.8. The first-order valence-corrected chi connectivity index (χ1v) is 9.45. The molecule has 1 saturated carbocycles. The Kier molecular flexibility index (Phi) is 5.02. The standard InChI is InChI=1S/C21H18F3N3O3/c1-25-13-3-2-12(15(22)8-13)11-30-19-17(24)9-16(23)18(26-19)27-6-4-21(5-7-27)10-14(21)20(28)29/h2-3,8-9,14H,4-7,10-11H2,(H,28,29). The number of carboxylic acids is 1. The molecule has 1 aliphatic heterocycles. The topological polar surface area (TPSA) is 67.0 Å². The molecule has 1 unspecified atom stereocenters. The van der Waals surface area contributed by atoms with Crippen LogP contribution in [0, 0.1) is 35.4 Å². The largest absolute Gasteiger partial charge is 0.481 e. The Morgan fingerprint density at radius 3 is 2.57 bits per heavy atom. The summed E-state index contributed by atoms with van der Waals surface area (Å²) in [5, 5.41) is 9.18. The Balaban J connectivity index is 1.47. The van der Waals surface area contributed by atoms with Gasteiger partial charge >= 0.3 is 5.97 Å². The van der Waals surface area contributed by atoms with Gasteiger partial charge in [0.05, 0.1) is 12.5 Å². The van der Waals surface area contributed by atoms with E-state index in [4.69, 9.17) is 11.3 Å². The number of hydrogen-bond donors (Lipinski definition) is 1. The molecule has 2 heterocycles. The molecule has 0 amide bonds. The van der Waals surface area contributed by atoms with E-state index in [1.807, 2.05) is 0 Å². The van der Waals surface area contributed by atoms with Gasteiger partial charge < -0.3 is 14.7 Å². The van der Waals surface area contributed by atoms with Crippen molar-refractivity contribution < 1.29 is 27.8 Å². The van der Waals surface area contributed by atoms with Crippen LogP contribution in [0.1, 0.15) is 24.8 Å². The van der Waals surface area contributed by atoms with Crippen molar-refractivity contribution in [3.63, 3.8) is 0 Å². The Morgan fingerprint density at radius 2 is 1.97 bits per heavy atom. The Hall–Kier alpha value is -3.28. The second-order valence-corrected chi connectivity index (χ2v) is 7.70.